The Hall–Kier alpha value is -1.35. The van der Waals surface area contributed by atoms with E-state index in [1.807, 2.05) is 23.1 Å². The highest BCUT2D eigenvalue weighted by Gasteiger charge is 2.32. The van der Waals surface area contributed by atoms with Gasteiger partial charge in [0.2, 0.25) is 5.91 Å². The maximum atomic E-state index is 12.7. The van der Waals surface area contributed by atoms with Gasteiger partial charge in [0, 0.05) is 25.6 Å². The van der Waals surface area contributed by atoms with Crippen LogP contribution in [0.15, 0.2) is 30.3 Å². The van der Waals surface area contributed by atoms with Crippen LogP contribution in [0.5, 0.6) is 0 Å². The van der Waals surface area contributed by atoms with Crippen LogP contribution in [0.3, 0.4) is 0 Å². The molecule has 1 aromatic rings. The molecule has 1 fully saturated rings. The molecule has 1 heterocycles. The van der Waals surface area contributed by atoms with Crippen molar-refractivity contribution in [2.24, 2.45) is 11.7 Å². The number of hydrogen-bond acceptors (Lipinski definition) is 2. The Morgan fingerprint density at radius 3 is 2.62 bits per heavy atom. The van der Waals surface area contributed by atoms with Crippen molar-refractivity contribution >= 4 is 5.91 Å². The zero-order valence-corrected chi connectivity index (χ0v) is 13.5. The summed E-state index contributed by atoms with van der Waals surface area (Å²) in [6.07, 6.45) is 2.67. The summed E-state index contributed by atoms with van der Waals surface area (Å²) in [5, 5.41) is 0. The minimum absolute atomic E-state index is 0.138. The largest absolute Gasteiger partial charge is 0.338 e. The molecular formula is C18H28N2O. The molecule has 1 amide bonds. The number of carbonyl (C=O) groups is 1. The van der Waals surface area contributed by atoms with Gasteiger partial charge in [-0.1, -0.05) is 51.1 Å². The lowest BCUT2D eigenvalue weighted by Crippen LogP contribution is -2.50. The SMILES string of the molecule is CC1CCN(C(=O)CC(C)(C)c2ccccc2)C(CN)C1. The van der Waals surface area contributed by atoms with Crippen LogP contribution in [0.1, 0.15) is 45.6 Å². The van der Waals surface area contributed by atoms with Crippen molar-refractivity contribution in [3.63, 3.8) is 0 Å². The Bertz CT molecular complexity index is 469. The van der Waals surface area contributed by atoms with Crippen molar-refractivity contribution in [2.75, 3.05) is 13.1 Å². The van der Waals surface area contributed by atoms with Gasteiger partial charge in [-0.05, 0) is 29.7 Å². The molecule has 3 nitrogen and oxygen atoms in total. The number of hydrogen-bond donors (Lipinski definition) is 1. The number of rotatable bonds is 4. The average Bonchev–Trinajstić information content (AvgIpc) is 2.47. The van der Waals surface area contributed by atoms with Gasteiger partial charge >= 0.3 is 0 Å². The number of piperidine rings is 1. The Kier molecular flexibility index (Phi) is 5.04. The molecule has 0 aromatic heterocycles. The van der Waals surface area contributed by atoms with E-state index in [-0.39, 0.29) is 17.4 Å². The zero-order valence-electron chi connectivity index (χ0n) is 13.5. The molecule has 2 unspecified atom stereocenters. The molecule has 0 radical (unpaired) electrons. The normalized spacial score (nSPS) is 23.1. The Balaban J connectivity index is 2.06. The number of nitrogens with zero attached hydrogens (tertiary/aromatic N) is 1. The summed E-state index contributed by atoms with van der Waals surface area (Å²) in [7, 11) is 0. The standard InChI is InChI=1S/C18H28N2O/c1-14-9-10-20(16(11-14)13-19)17(21)12-18(2,3)15-7-5-4-6-8-15/h4-8,14,16H,9-13,19H2,1-3H3. The molecule has 1 saturated heterocycles. The van der Waals surface area contributed by atoms with Crippen molar-refractivity contribution in [1.29, 1.82) is 0 Å². The third-order valence-corrected chi connectivity index (χ3v) is 4.72. The second-order valence-electron chi connectivity index (χ2n) is 7.03. The molecule has 3 heteroatoms. The van der Waals surface area contributed by atoms with E-state index >= 15 is 0 Å². The predicted octanol–water partition coefficient (Wildman–Crippen LogP) is 2.94. The smallest absolute Gasteiger partial charge is 0.223 e. The summed E-state index contributed by atoms with van der Waals surface area (Å²) >= 11 is 0. The third kappa shape index (κ3) is 3.85. The van der Waals surface area contributed by atoms with Crippen molar-refractivity contribution in [2.45, 2.75) is 51.5 Å². The first-order valence-electron chi connectivity index (χ1n) is 7.99. The Morgan fingerprint density at radius 2 is 2.00 bits per heavy atom. The molecule has 2 N–H and O–H groups in total. The van der Waals surface area contributed by atoms with Crippen molar-refractivity contribution in [3.05, 3.63) is 35.9 Å². The average molecular weight is 288 g/mol. The van der Waals surface area contributed by atoms with Gasteiger partial charge in [-0.3, -0.25) is 4.79 Å². The predicted molar refractivity (Wildman–Crippen MR) is 87.0 cm³/mol. The molecule has 21 heavy (non-hydrogen) atoms. The summed E-state index contributed by atoms with van der Waals surface area (Å²) in [6.45, 7) is 7.96. The highest BCUT2D eigenvalue weighted by atomic mass is 16.2. The summed E-state index contributed by atoms with van der Waals surface area (Å²) in [6, 6.07) is 10.5. The number of amides is 1. The van der Waals surface area contributed by atoms with Crippen molar-refractivity contribution < 1.29 is 4.79 Å². The molecule has 116 valence electrons. The molecule has 2 rings (SSSR count). The van der Waals surface area contributed by atoms with Gasteiger partial charge in [0.15, 0.2) is 0 Å². The van der Waals surface area contributed by atoms with Crippen LogP contribution in [0, 0.1) is 5.92 Å². The summed E-state index contributed by atoms with van der Waals surface area (Å²) < 4.78 is 0. The summed E-state index contributed by atoms with van der Waals surface area (Å²) in [5.74, 6) is 0.913. The van der Waals surface area contributed by atoms with Gasteiger partial charge in [0.25, 0.3) is 0 Å². The number of carbonyl (C=O) groups excluding carboxylic acids is 1. The number of nitrogens with two attached hydrogens (primary N) is 1. The fourth-order valence-corrected chi connectivity index (χ4v) is 3.27. The van der Waals surface area contributed by atoms with E-state index in [4.69, 9.17) is 5.73 Å². The van der Waals surface area contributed by atoms with E-state index in [1.54, 1.807) is 0 Å². The van der Waals surface area contributed by atoms with Crippen LogP contribution in [-0.4, -0.2) is 29.9 Å². The highest BCUT2D eigenvalue weighted by Crippen LogP contribution is 2.30. The quantitative estimate of drug-likeness (QED) is 0.926. The Labute approximate surface area is 128 Å². The first-order valence-corrected chi connectivity index (χ1v) is 7.99. The zero-order chi connectivity index (χ0) is 15.5. The van der Waals surface area contributed by atoms with Gasteiger partial charge in [-0.2, -0.15) is 0 Å². The van der Waals surface area contributed by atoms with Gasteiger partial charge in [-0.25, -0.2) is 0 Å². The van der Waals surface area contributed by atoms with E-state index in [0.29, 0.717) is 18.9 Å². The molecule has 0 spiro atoms. The Morgan fingerprint density at radius 1 is 1.33 bits per heavy atom. The third-order valence-electron chi connectivity index (χ3n) is 4.72. The fraction of sp³-hybridized carbons (Fsp3) is 0.611. The lowest BCUT2D eigenvalue weighted by atomic mass is 9.80. The second-order valence-corrected chi connectivity index (χ2v) is 7.03. The van der Waals surface area contributed by atoms with Crippen molar-refractivity contribution in [1.82, 2.24) is 4.90 Å². The lowest BCUT2D eigenvalue weighted by Gasteiger charge is -2.39. The van der Waals surface area contributed by atoms with Crippen molar-refractivity contribution in [3.8, 4) is 0 Å². The highest BCUT2D eigenvalue weighted by molar-refractivity contribution is 5.78. The van der Waals surface area contributed by atoms with Crippen LogP contribution < -0.4 is 5.73 Å². The first-order chi connectivity index (χ1) is 9.94. The minimum Gasteiger partial charge on any atom is -0.338 e. The second kappa shape index (κ2) is 6.61. The number of benzene rings is 1. The lowest BCUT2D eigenvalue weighted by molar-refractivity contribution is -0.136. The van der Waals surface area contributed by atoms with Gasteiger partial charge < -0.3 is 10.6 Å². The molecule has 2 atom stereocenters. The molecule has 1 aromatic carbocycles. The van der Waals surface area contributed by atoms with Gasteiger partial charge in [-0.15, -0.1) is 0 Å². The summed E-state index contributed by atoms with van der Waals surface area (Å²) in [5.41, 5.74) is 6.95. The summed E-state index contributed by atoms with van der Waals surface area (Å²) in [4.78, 5) is 14.8. The molecule has 0 saturated carbocycles. The maximum absolute atomic E-state index is 12.7. The molecule has 0 aliphatic carbocycles. The molecule has 1 aliphatic rings. The van der Waals surface area contributed by atoms with Crippen LogP contribution >= 0.6 is 0 Å². The molecule has 0 bridgehead atoms. The van der Waals surface area contributed by atoms with E-state index in [1.165, 1.54) is 5.56 Å². The van der Waals surface area contributed by atoms with Crippen LogP contribution in [0.25, 0.3) is 0 Å². The van der Waals surface area contributed by atoms with E-state index < -0.39 is 0 Å². The van der Waals surface area contributed by atoms with E-state index in [0.717, 1.165) is 19.4 Å². The van der Waals surface area contributed by atoms with Crippen LogP contribution in [0.4, 0.5) is 0 Å². The number of likely N-dealkylation sites (tertiary alicyclic amines) is 1. The molecular weight excluding hydrogens is 260 g/mol. The van der Waals surface area contributed by atoms with E-state index in [2.05, 4.69) is 32.9 Å². The monoisotopic (exact) mass is 288 g/mol. The minimum atomic E-state index is -0.138. The van der Waals surface area contributed by atoms with Crippen LogP contribution in [0.2, 0.25) is 0 Å². The van der Waals surface area contributed by atoms with Crippen LogP contribution in [-0.2, 0) is 10.2 Å². The van der Waals surface area contributed by atoms with Gasteiger partial charge in [0.05, 0.1) is 0 Å². The topological polar surface area (TPSA) is 46.3 Å². The molecule has 1 aliphatic heterocycles. The van der Waals surface area contributed by atoms with Gasteiger partial charge in [0.1, 0.15) is 0 Å². The van der Waals surface area contributed by atoms with E-state index in [9.17, 15) is 4.79 Å². The maximum Gasteiger partial charge on any atom is 0.223 e. The fourth-order valence-electron chi connectivity index (χ4n) is 3.27. The first kappa shape index (κ1) is 16.0.